The molecule has 0 aliphatic carbocycles. The Morgan fingerprint density at radius 2 is 2.05 bits per heavy atom. The van der Waals surface area contributed by atoms with E-state index in [9.17, 15) is 8.78 Å². The molecule has 1 unspecified atom stereocenters. The maximum absolute atomic E-state index is 12.0. The van der Waals surface area contributed by atoms with Crippen LogP contribution < -0.4 is 10.1 Å². The zero-order valence-electron chi connectivity index (χ0n) is 11.1. The number of rotatable bonds is 7. The quantitative estimate of drug-likeness (QED) is 0.847. The van der Waals surface area contributed by atoms with Crippen molar-refractivity contribution in [2.75, 3.05) is 6.54 Å². The van der Waals surface area contributed by atoms with E-state index < -0.39 is 6.61 Å². The summed E-state index contributed by atoms with van der Waals surface area (Å²) in [6.45, 7) is 0.0685. The molecule has 0 saturated carbocycles. The lowest BCUT2D eigenvalue weighted by Gasteiger charge is -2.14. The summed E-state index contributed by atoms with van der Waals surface area (Å²) in [6.07, 6.45) is 0.875. The maximum Gasteiger partial charge on any atom is 0.387 e. The van der Waals surface area contributed by atoms with Crippen LogP contribution in [0, 0.1) is 0 Å². The van der Waals surface area contributed by atoms with Crippen molar-refractivity contribution < 1.29 is 13.5 Å². The Kier molecular flexibility index (Phi) is 5.43. The van der Waals surface area contributed by atoms with Crippen LogP contribution in [-0.2, 0) is 6.42 Å². The summed E-state index contributed by atoms with van der Waals surface area (Å²) in [6, 6.07) is 6.84. The van der Waals surface area contributed by atoms with Crippen LogP contribution in [0.3, 0.4) is 0 Å². The molecule has 108 valence electrons. The highest BCUT2D eigenvalue weighted by Crippen LogP contribution is 2.19. The van der Waals surface area contributed by atoms with Gasteiger partial charge in [0.2, 0.25) is 0 Å². The molecule has 6 heteroatoms. The summed E-state index contributed by atoms with van der Waals surface area (Å²) in [5.41, 5.74) is 3.93. The first-order chi connectivity index (χ1) is 9.65. The molecule has 3 nitrogen and oxygen atoms in total. The Bertz CT molecular complexity index is 502. The van der Waals surface area contributed by atoms with Crippen LogP contribution in [0.2, 0.25) is 0 Å². The van der Waals surface area contributed by atoms with E-state index in [-0.39, 0.29) is 11.8 Å². The zero-order valence-corrected chi connectivity index (χ0v) is 11.9. The number of ether oxygens (including phenoxy) is 1. The smallest absolute Gasteiger partial charge is 0.387 e. The molecule has 0 bridgehead atoms. The summed E-state index contributed by atoms with van der Waals surface area (Å²) in [4.78, 5) is 4.22. The third-order valence-electron chi connectivity index (χ3n) is 2.92. The van der Waals surface area contributed by atoms with E-state index in [1.165, 1.54) is 0 Å². The van der Waals surface area contributed by atoms with Crippen LogP contribution in [0.4, 0.5) is 8.78 Å². The molecular weight excluding hydrogens is 282 g/mol. The molecule has 20 heavy (non-hydrogen) atoms. The third kappa shape index (κ3) is 4.54. The number of nitrogens with zero attached hydrogens (tertiary/aromatic N) is 1. The first-order valence-electron chi connectivity index (χ1n) is 6.30. The van der Waals surface area contributed by atoms with Crippen molar-refractivity contribution in [1.29, 1.82) is 0 Å². The number of halogens is 2. The van der Waals surface area contributed by atoms with Gasteiger partial charge in [-0.3, -0.25) is 0 Å². The molecule has 1 aromatic carbocycles. The van der Waals surface area contributed by atoms with Crippen LogP contribution in [0.5, 0.6) is 5.75 Å². The van der Waals surface area contributed by atoms with Gasteiger partial charge in [-0.2, -0.15) is 8.78 Å². The van der Waals surface area contributed by atoms with E-state index in [0.717, 1.165) is 24.2 Å². The van der Waals surface area contributed by atoms with Gasteiger partial charge >= 0.3 is 6.61 Å². The van der Waals surface area contributed by atoms with Crippen LogP contribution in [0.25, 0.3) is 0 Å². The summed E-state index contributed by atoms with van der Waals surface area (Å²) in [5.74, 6) is 0.179. The molecule has 0 aliphatic rings. The van der Waals surface area contributed by atoms with Gasteiger partial charge in [-0.1, -0.05) is 12.1 Å². The Hall–Kier alpha value is -1.53. The molecule has 0 aliphatic heterocycles. The van der Waals surface area contributed by atoms with Crippen molar-refractivity contribution in [2.45, 2.75) is 26.0 Å². The van der Waals surface area contributed by atoms with E-state index in [1.54, 1.807) is 35.6 Å². The molecule has 1 heterocycles. The SMILES string of the molecule is CC(NCCc1cscn1)c1ccc(OC(F)F)cc1. The lowest BCUT2D eigenvalue weighted by atomic mass is 10.1. The van der Waals surface area contributed by atoms with Gasteiger partial charge in [0, 0.05) is 24.4 Å². The van der Waals surface area contributed by atoms with Gasteiger partial charge in [-0.25, -0.2) is 4.98 Å². The second kappa shape index (κ2) is 7.31. The molecular formula is C14H16F2N2OS. The largest absolute Gasteiger partial charge is 0.435 e. The number of aromatic nitrogens is 1. The van der Waals surface area contributed by atoms with E-state index in [0.29, 0.717) is 0 Å². The molecule has 2 aromatic rings. The van der Waals surface area contributed by atoms with E-state index in [2.05, 4.69) is 15.0 Å². The van der Waals surface area contributed by atoms with Gasteiger partial charge in [-0.05, 0) is 24.6 Å². The number of hydrogen-bond acceptors (Lipinski definition) is 4. The normalized spacial score (nSPS) is 12.6. The van der Waals surface area contributed by atoms with Gasteiger partial charge in [0.05, 0.1) is 11.2 Å². The molecule has 0 radical (unpaired) electrons. The molecule has 1 N–H and O–H groups in total. The summed E-state index contributed by atoms with van der Waals surface area (Å²) >= 11 is 1.59. The van der Waals surface area contributed by atoms with Gasteiger partial charge in [0.25, 0.3) is 0 Å². The van der Waals surface area contributed by atoms with Crippen molar-refractivity contribution in [3.63, 3.8) is 0 Å². The number of alkyl halides is 2. The second-order valence-electron chi connectivity index (χ2n) is 4.35. The third-order valence-corrected chi connectivity index (χ3v) is 3.56. The lowest BCUT2D eigenvalue weighted by Crippen LogP contribution is -2.21. The summed E-state index contributed by atoms with van der Waals surface area (Å²) in [5, 5.41) is 5.40. The van der Waals surface area contributed by atoms with Gasteiger partial charge in [0.1, 0.15) is 5.75 Å². The molecule has 0 spiro atoms. The highest BCUT2D eigenvalue weighted by molar-refractivity contribution is 7.07. The fourth-order valence-electron chi connectivity index (χ4n) is 1.83. The molecule has 0 amide bonds. The van der Waals surface area contributed by atoms with E-state index >= 15 is 0 Å². The first kappa shape index (κ1) is 14.9. The van der Waals surface area contributed by atoms with Crippen molar-refractivity contribution >= 4 is 11.3 Å². The first-order valence-corrected chi connectivity index (χ1v) is 7.24. The van der Waals surface area contributed by atoms with E-state index in [1.807, 2.05) is 17.8 Å². The summed E-state index contributed by atoms with van der Waals surface area (Å²) < 4.78 is 28.4. The highest BCUT2D eigenvalue weighted by atomic mass is 32.1. The van der Waals surface area contributed by atoms with Crippen LogP contribution in [0.15, 0.2) is 35.2 Å². The molecule has 1 atom stereocenters. The Morgan fingerprint density at radius 3 is 2.65 bits per heavy atom. The summed E-state index contributed by atoms with van der Waals surface area (Å²) in [7, 11) is 0. The number of benzene rings is 1. The minimum absolute atomic E-state index is 0.147. The Balaban J connectivity index is 1.81. The predicted octanol–water partition coefficient (Wildman–Crippen LogP) is 3.64. The Morgan fingerprint density at radius 1 is 1.30 bits per heavy atom. The maximum atomic E-state index is 12.0. The van der Waals surface area contributed by atoms with Crippen molar-refractivity contribution in [2.24, 2.45) is 0 Å². The van der Waals surface area contributed by atoms with Crippen LogP contribution >= 0.6 is 11.3 Å². The van der Waals surface area contributed by atoms with Crippen molar-refractivity contribution in [3.05, 3.63) is 46.4 Å². The predicted molar refractivity (Wildman–Crippen MR) is 75.3 cm³/mol. The van der Waals surface area contributed by atoms with Crippen molar-refractivity contribution in [1.82, 2.24) is 10.3 Å². The average molecular weight is 298 g/mol. The standard InChI is InChI=1S/C14H16F2N2OS/c1-10(17-7-6-12-8-20-9-18-12)11-2-4-13(5-3-11)19-14(15)16/h2-5,8-10,14,17H,6-7H2,1H3. The van der Waals surface area contributed by atoms with Gasteiger partial charge in [0.15, 0.2) is 0 Å². The topological polar surface area (TPSA) is 34.2 Å². The Labute approximate surface area is 120 Å². The molecule has 0 fully saturated rings. The van der Waals surface area contributed by atoms with Gasteiger partial charge in [-0.15, -0.1) is 11.3 Å². The minimum Gasteiger partial charge on any atom is -0.435 e. The van der Waals surface area contributed by atoms with Gasteiger partial charge < -0.3 is 10.1 Å². The number of thiazole rings is 1. The lowest BCUT2D eigenvalue weighted by molar-refractivity contribution is -0.0498. The fourth-order valence-corrected chi connectivity index (χ4v) is 2.43. The second-order valence-corrected chi connectivity index (χ2v) is 5.07. The number of nitrogens with one attached hydrogen (secondary N) is 1. The highest BCUT2D eigenvalue weighted by Gasteiger charge is 2.07. The van der Waals surface area contributed by atoms with Crippen LogP contribution in [-0.4, -0.2) is 18.1 Å². The number of hydrogen-bond donors (Lipinski definition) is 1. The fraction of sp³-hybridized carbons (Fsp3) is 0.357. The zero-order chi connectivity index (χ0) is 14.4. The molecule has 2 rings (SSSR count). The average Bonchev–Trinajstić information content (AvgIpc) is 2.92. The van der Waals surface area contributed by atoms with Crippen molar-refractivity contribution in [3.8, 4) is 5.75 Å². The molecule has 1 aromatic heterocycles. The monoisotopic (exact) mass is 298 g/mol. The molecule has 0 saturated heterocycles. The minimum atomic E-state index is -2.78. The van der Waals surface area contributed by atoms with E-state index in [4.69, 9.17) is 0 Å². The van der Waals surface area contributed by atoms with Crippen LogP contribution in [0.1, 0.15) is 24.2 Å².